The molecule has 1 fully saturated rings. The van der Waals surface area contributed by atoms with Crippen LogP contribution in [0, 0.1) is 5.82 Å². The van der Waals surface area contributed by atoms with Crippen molar-refractivity contribution in [3.63, 3.8) is 0 Å². The lowest BCUT2D eigenvalue weighted by atomic mass is 10.00. The predicted octanol–water partition coefficient (Wildman–Crippen LogP) is 3.56. The van der Waals surface area contributed by atoms with E-state index in [1.54, 1.807) is 6.07 Å². The largest absolute Gasteiger partial charge is 0.381 e. The van der Waals surface area contributed by atoms with Gasteiger partial charge in [-0.05, 0) is 30.4 Å². The van der Waals surface area contributed by atoms with Gasteiger partial charge in [-0.15, -0.1) is 5.10 Å². The molecule has 0 N–H and O–H groups in total. The number of hydrogen-bond acceptors (Lipinski definition) is 3. The van der Waals surface area contributed by atoms with Crippen LogP contribution in [0.4, 0.5) is 4.39 Å². The zero-order valence-corrected chi connectivity index (χ0v) is 12.4. The molecule has 0 aliphatic carbocycles. The Kier molecular flexibility index (Phi) is 4.01. The fraction of sp³-hybridized carbons (Fsp3) is 0.500. The average molecular weight is 289 g/mol. The van der Waals surface area contributed by atoms with Crippen LogP contribution in [0.25, 0.3) is 11.3 Å². The second-order valence-corrected chi connectivity index (χ2v) is 5.82. The lowest BCUT2D eigenvalue weighted by molar-refractivity contribution is 0.0657. The van der Waals surface area contributed by atoms with Crippen molar-refractivity contribution < 1.29 is 9.13 Å². The summed E-state index contributed by atoms with van der Waals surface area (Å²) in [5.74, 6) is 0.0000811. The van der Waals surface area contributed by atoms with Crippen molar-refractivity contribution in [2.45, 2.75) is 38.6 Å². The molecule has 1 aromatic carbocycles. The maximum Gasteiger partial charge on any atom is 0.127 e. The minimum atomic E-state index is -0.178. The average Bonchev–Trinajstić information content (AvgIpc) is 2.97. The van der Waals surface area contributed by atoms with Crippen molar-refractivity contribution in [2.75, 3.05) is 13.2 Å². The normalized spacial score (nSPS) is 16.6. The van der Waals surface area contributed by atoms with E-state index >= 15 is 0 Å². The second-order valence-electron chi connectivity index (χ2n) is 5.82. The van der Waals surface area contributed by atoms with Gasteiger partial charge < -0.3 is 4.74 Å². The molecule has 112 valence electrons. The molecule has 1 aliphatic heterocycles. The van der Waals surface area contributed by atoms with E-state index in [2.05, 4.69) is 10.3 Å². The molecule has 1 saturated heterocycles. The summed E-state index contributed by atoms with van der Waals surface area (Å²) in [5.41, 5.74) is 2.22. The number of hydrogen-bond donors (Lipinski definition) is 0. The second kappa shape index (κ2) is 5.93. The molecule has 0 saturated carbocycles. The summed E-state index contributed by atoms with van der Waals surface area (Å²) < 4.78 is 21.3. The minimum absolute atomic E-state index is 0.178. The van der Waals surface area contributed by atoms with E-state index in [0.29, 0.717) is 6.04 Å². The topological polar surface area (TPSA) is 39.9 Å². The minimum Gasteiger partial charge on any atom is -0.381 e. The molecule has 2 heterocycles. The summed E-state index contributed by atoms with van der Waals surface area (Å²) in [4.78, 5) is 0. The van der Waals surface area contributed by atoms with Gasteiger partial charge in [0.05, 0.1) is 12.2 Å². The van der Waals surface area contributed by atoms with E-state index < -0.39 is 0 Å². The lowest BCUT2D eigenvalue weighted by Gasteiger charge is -2.21. The van der Waals surface area contributed by atoms with E-state index in [4.69, 9.17) is 4.74 Å². The van der Waals surface area contributed by atoms with E-state index in [1.165, 1.54) is 0 Å². The molecular weight excluding hydrogens is 269 g/mol. The molecule has 5 heteroatoms. The molecule has 21 heavy (non-hydrogen) atoms. The van der Waals surface area contributed by atoms with Crippen molar-refractivity contribution in [2.24, 2.45) is 0 Å². The Morgan fingerprint density at radius 2 is 2.05 bits per heavy atom. The van der Waals surface area contributed by atoms with Gasteiger partial charge in [-0.1, -0.05) is 31.2 Å². The molecule has 0 spiro atoms. The van der Waals surface area contributed by atoms with Crippen LogP contribution in [0.3, 0.4) is 0 Å². The zero-order chi connectivity index (χ0) is 14.8. The van der Waals surface area contributed by atoms with Gasteiger partial charge in [0.1, 0.15) is 11.5 Å². The van der Waals surface area contributed by atoms with Crippen LogP contribution in [0.5, 0.6) is 0 Å². The molecule has 4 nitrogen and oxygen atoms in total. The van der Waals surface area contributed by atoms with Crippen molar-refractivity contribution in [3.05, 3.63) is 35.8 Å². The molecule has 1 aromatic heterocycles. The Morgan fingerprint density at radius 3 is 2.71 bits per heavy atom. The van der Waals surface area contributed by atoms with Crippen molar-refractivity contribution in [1.82, 2.24) is 15.0 Å². The fourth-order valence-electron chi connectivity index (χ4n) is 2.69. The van der Waals surface area contributed by atoms with Gasteiger partial charge in [0.2, 0.25) is 0 Å². The van der Waals surface area contributed by atoms with Gasteiger partial charge in [0, 0.05) is 18.8 Å². The number of aromatic nitrogens is 3. The first-order valence-electron chi connectivity index (χ1n) is 7.44. The van der Waals surface area contributed by atoms with Crippen LogP contribution in [-0.2, 0) is 4.74 Å². The molecule has 0 radical (unpaired) electrons. The van der Waals surface area contributed by atoms with E-state index in [9.17, 15) is 4.39 Å². The molecule has 0 unspecified atom stereocenters. The van der Waals surface area contributed by atoms with Crippen LogP contribution in [0.1, 0.15) is 44.2 Å². The summed E-state index contributed by atoms with van der Waals surface area (Å²) >= 11 is 0. The summed E-state index contributed by atoms with van der Waals surface area (Å²) in [5, 5.41) is 8.37. The lowest BCUT2D eigenvalue weighted by Crippen LogP contribution is -2.19. The Bertz CT molecular complexity index is 618. The maximum atomic E-state index is 14.1. The summed E-state index contributed by atoms with van der Waals surface area (Å²) in [6, 6.07) is 5.63. The standard InChI is InChI=1S/C16H20FN3O/c1-11(2)14-4-3-12(9-15(14)17)16-10-20(19-18-16)13-5-7-21-8-6-13/h3-4,9-11,13H,5-8H2,1-2H3. The van der Waals surface area contributed by atoms with Crippen LogP contribution in [0.15, 0.2) is 24.4 Å². The van der Waals surface area contributed by atoms with Gasteiger partial charge in [-0.2, -0.15) is 0 Å². The fourth-order valence-corrected chi connectivity index (χ4v) is 2.69. The monoisotopic (exact) mass is 289 g/mol. The van der Waals surface area contributed by atoms with Crippen LogP contribution in [-0.4, -0.2) is 28.2 Å². The van der Waals surface area contributed by atoms with E-state index in [0.717, 1.165) is 42.9 Å². The number of benzene rings is 1. The number of ether oxygens (including phenoxy) is 1. The maximum absolute atomic E-state index is 14.1. The van der Waals surface area contributed by atoms with Crippen molar-refractivity contribution >= 4 is 0 Å². The molecule has 2 aromatic rings. The zero-order valence-electron chi connectivity index (χ0n) is 12.4. The first-order chi connectivity index (χ1) is 10.1. The Balaban J connectivity index is 1.84. The third-order valence-corrected chi connectivity index (χ3v) is 3.99. The number of halogens is 1. The summed E-state index contributed by atoms with van der Waals surface area (Å²) in [7, 11) is 0. The highest BCUT2D eigenvalue weighted by Gasteiger charge is 2.18. The molecular formula is C16H20FN3O. The first kappa shape index (κ1) is 14.2. The third kappa shape index (κ3) is 2.97. The van der Waals surface area contributed by atoms with Gasteiger partial charge in [-0.3, -0.25) is 0 Å². The number of nitrogens with zero attached hydrogens (tertiary/aromatic N) is 3. The predicted molar refractivity (Wildman–Crippen MR) is 78.6 cm³/mol. The molecule has 0 amide bonds. The third-order valence-electron chi connectivity index (χ3n) is 3.99. The van der Waals surface area contributed by atoms with E-state index in [1.807, 2.05) is 36.9 Å². The SMILES string of the molecule is CC(C)c1ccc(-c2cn(C3CCOCC3)nn2)cc1F. The van der Waals surface area contributed by atoms with Crippen molar-refractivity contribution in [1.29, 1.82) is 0 Å². The van der Waals surface area contributed by atoms with Gasteiger partial charge in [0.25, 0.3) is 0 Å². The highest BCUT2D eigenvalue weighted by molar-refractivity contribution is 5.58. The van der Waals surface area contributed by atoms with Crippen LogP contribution >= 0.6 is 0 Å². The molecule has 0 atom stereocenters. The summed E-state index contributed by atoms with van der Waals surface area (Å²) in [6.45, 7) is 5.49. The highest BCUT2D eigenvalue weighted by Crippen LogP contribution is 2.26. The molecule has 0 bridgehead atoms. The first-order valence-corrected chi connectivity index (χ1v) is 7.44. The van der Waals surface area contributed by atoms with Crippen LogP contribution < -0.4 is 0 Å². The molecule has 1 aliphatic rings. The number of rotatable bonds is 3. The Morgan fingerprint density at radius 1 is 1.29 bits per heavy atom. The van der Waals surface area contributed by atoms with E-state index in [-0.39, 0.29) is 11.7 Å². The quantitative estimate of drug-likeness (QED) is 0.867. The Labute approximate surface area is 123 Å². The molecule has 3 rings (SSSR count). The van der Waals surface area contributed by atoms with Gasteiger partial charge in [-0.25, -0.2) is 9.07 Å². The summed E-state index contributed by atoms with van der Waals surface area (Å²) in [6.07, 6.45) is 3.80. The van der Waals surface area contributed by atoms with Gasteiger partial charge >= 0.3 is 0 Å². The van der Waals surface area contributed by atoms with Crippen LogP contribution in [0.2, 0.25) is 0 Å². The smallest absolute Gasteiger partial charge is 0.127 e. The van der Waals surface area contributed by atoms with Crippen molar-refractivity contribution in [3.8, 4) is 11.3 Å². The highest BCUT2D eigenvalue weighted by atomic mass is 19.1. The van der Waals surface area contributed by atoms with Gasteiger partial charge in [0.15, 0.2) is 0 Å². The Hall–Kier alpha value is -1.75.